The molecular formula is C11H22N2. The lowest BCUT2D eigenvalue weighted by atomic mass is 9.72. The smallest absolute Gasteiger partial charge is 0.00391 e. The molecule has 0 aliphatic carbocycles. The Morgan fingerprint density at radius 2 is 1.92 bits per heavy atom. The Bertz CT molecular complexity index is 139. The predicted octanol–water partition coefficient (Wildman–Crippen LogP) is 1.47. The van der Waals surface area contributed by atoms with Crippen molar-refractivity contribution in [3.63, 3.8) is 0 Å². The maximum atomic E-state index is 3.64. The van der Waals surface area contributed by atoms with Crippen molar-refractivity contribution in [1.29, 1.82) is 0 Å². The van der Waals surface area contributed by atoms with Gasteiger partial charge in [0.25, 0.3) is 0 Å². The lowest BCUT2D eigenvalue weighted by Crippen LogP contribution is -2.49. The summed E-state index contributed by atoms with van der Waals surface area (Å²) in [7, 11) is 2.24. The van der Waals surface area contributed by atoms with Gasteiger partial charge in [-0.15, -0.1) is 0 Å². The third kappa shape index (κ3) is 2.05. The minimum atomic E-state index is 0.666. The summed E-state index contributed by atoms with van der Waals surface area (Å²) in [4.78, 5) is 2.46. The molecule has 13 heavy (non-hydrogen) atoms. The monoisotopic (exact) mass is 182 g/mol. The van der Waals surface area contributed by atoms with Gasteiger partial charge < -0.3 is 10.2 Å². The first-order chi connectivity index (χ1) is 6.20. The Morgan fingerprint density at radius 3 is 2.46 bits per heavy atom. The highest BCUT2D eigenvalue weighted by molar-refractivity contribution is 4.91. The van der Waals surface area contributed by atoms with Gasteiger partial charge in [0.15, 0.2) is 0 Å². The first kappa shape index (κ1) is 9.47. The van der Waals surface area contributed by atoms with E-state index < -0.39 is 0 Å². The highest BCUT2D eigenvalue weighted by Gasteiger charge is 2.36. The largest absolute Gasteiger partial charge is 0.314 e. The third-order valence-corrected chi connectivity index (χ3v) is 3.98. The number of nitrogens with one attached hydrogen (secondary N) is 1. The Labute approximate surface area is 81.7 Å². The topological polar surface area (TPSA) is 15.3 Å². The van der Waals surface area contributed by atoms with Crippen LogP contribution >= 0.6 is 0 Å². The summed E-state index contributed by atoms with van der Waals surface area (Å²) in [6.07, 6.45) is 5.64. The molecule has 2 heteroatoms. The van der Waals surface area contributed by atoms with Gasteiger partial charge >= 0.3 is 0 Å². The number of rotatable bonds is 0. The minimum Gasteiger partial charge on any atom is -0.314 e. The fraction of sp³-hybridized carbons (Fsp3) is 1.00. The summed E-state index contributed by atoms with van der Waals surface area (Å²) in [5, 5.41) is 3.64. The number of nitrogens with zero attached hydrogens (tertiary/aromatic N) is 1. The molecule has 0 radical (unpaired) electrons. The molecular weight excluding hydrogens is 160 g/mol. The van der Waals surface area contributed by atoms with E-state index in [0.717, 1.165) is 6.04 Å². The van der Waals surface area contributed by atoms with Crippen LogP contribution in [0.25, 0.3) is 0 Å². The molecule has 0 aromatic carbocycles. The van der Waals surface area contributed by atoms with Crippen LogP contribution in [0.2, 0.25) is 0 Å². The van der Waals surface area contributed by atoms with Crippen LogP contribution in [0.5, 0.6) is 0 Å². The maximum Gasteiger partial charge on any atom is 0.00391 e. The molecule has 0 aromatic heterocycles. The lowest BCUT2D eigenvalue weighted by molar-refractivity contribution is 0.0821. The van der Waals surface area contributed by atoms with Crippen LogP contribution < -0.4 is 5.32 Å². The van der Waals surface area contributed by atoms with Crippen LogP contribution in [0.15, 0.2) is 0 Å². The standard InChI is InChI=1S/C11H22N2/c1-10-3-4-11(9-12-10)5-7-13(2)8-6-11/h10,12H,3-9H2,1-2H3. The molecule has 2 aliphatic rings. The average Bonchev–Trinajstić information content (AvgIpc) is 2.16. The van der Waals surface area contributed by atoms with Crippen molar-refractivity contribution in [2.24, 2.45) is 5.41 Å². The molecule has 0 amide bonds. The molecule has 2 saturated heterocycles. The van der Waals surface area contributed by atoms with Gasteiger partial charge in [-0.1, -0.05) is 0 Å². The van der Waals surface area contributed by atoms with Crippen molar-refractivity contribution in [1.82, 2.24) is 10.2 Å². The summed E-state index contributed by atoms with van der Waals surface area (Å²) in [6, 6.07) is 0.755. The molecule has 1 atom stereocenters. The van der Waals surface area contributed by atoms with E-state index >= 15 is 0 Å². The van der Waals surface area contributed by atoms with Gasteiger partial charge in [-0.05, 0) is 58.2 Å². The van der Waals surface area contributed by atoms with Crippen molar-refractivity contribution >= 4 is 0 Å². The van der Waals surface area contributed by atoms with Crippen LogP contribution in [0.1, 0.15) is 32.6 Å². The van der Waals surface area contributed by atoms with Crippen LogP contribution in [0, 0.1) is 5.41 Å². The van der Waals surface area contributed by atoms with Crippen molar-refractivity contribution in [2.75, 3.05) is 26.7 Å². The van der Waals surface area contributed by atoms with Gasteiger partial charge in [0.1, 0.15) is 0 Å². The fourth-order valence-corrected chi connectivity index (χ4v) is 2.62. The van der Waals surface area contributed by atoms with Crippen LogP contribution in [0.4, 0.5) is 0 Å². The molecule has 1 unspecified atom stereocenters. The van der Waals surface area contributed by atoms with Gasteiger partial charge in [0, 0.05) is 12.6 Å². The quantitative estimate of drug-likeness (QED) is 0.610. The number of hydrogen-bond acceptors (Lipinski definition) is 2. The lowest BCUT2D eigenvalue weighted by Gasteiger charge is -2.45. The van der Waals surface area contributed by atoms with Crippen LogP contribution in [-0.2, 0) is 0 Å². The maximum absolute atomic E-state index is 3.64. The molecule has 0 saturated carbocycles. The van der Waals surface area contributed by atoms with Crippen LogP contribution in [-0.4, -0.2) is 37.6 Å². The molecule has 2 heterocycles. The SMILES string of the molecule is CC1CCC2(CCN(C)CC2)CN1. The first-order valence-electron chi connectivity index (χ1n) is 5.62. The first-order valence-corrected chi connectivity index (χ1v) is 5.62. The van der Waals surface area contributed by atoms with Gasteiger partial charge in [-0.3, -0.25) is 0 Å². The second-order valence-corrected chi connectivity index (χ2v) is 5.12. The highest BCUT2D eigenvalue weighted by Crippen LogP contribution is 2.37. The molecule has 2 aliphatic heterocycles. The summed E-state index contributed by atoms with van der Waals surface area (Å²) < 4.78 is 0. The van der Waals surface area contributed by atoms with Crippen LogP contribution in [0.3, 0.4) is 0 Å². The number of piperidine rings is 2. The zero-order chi connectivity index (χ0) is 9.31. The van der Waals surface area contributed by atoms with E-state index in [9.17, 15) is 0 Å². The molecule has 2 rings (SSSR count). The Hall–Kier alpha value is -0.0800. The second kappa shape index (κ2) is 3.58. The second-order valence-electron chi connectivity index (χ2n) is 5.12. The van der Waals surface area contributed by atoms with Gasteiger partial charge in [0.2, 0.25) is 0 Å². The van der Waals surface area contributed by atoms with Gasteiger partial charge in [0.05, 0.1) is 0 Å². The number of hydrogen-bond donors (Lipinski definition) is 1. The zero-order valence-corrected chi connectivity index (χ0v) is 8.97. The van der Waals surface area contributed by atoms with E-state index in [-0.39, 0.29) is 0 Å². The van der Waals surface area contributed by atoms with E-state index in [4.69, 9.17) is 0 Å². The molecule has 1 spiro atoms. The zero-order valence-electron chi connectivity index (χ0n) is 8.97. The summed E-state index contributed by atoms with van der Waals surface area (Å²) >= 11 is 0. The Kier molecular flexibility index (Phi) is 2.61. The summed E-state index contributed by atoms with van der Waals surface area (Å²) in [6.45, 7) is 6.18. The Balaban J connectivity index is 1.90. The fourth-order valence-electron chi connectivity index (χ4n) is 2.62. The molecule has 0 aromatic rings. The van der Waals surface area contributed by atoms with Crippen molar-refractivity contribution < 1.29 is 0 Å². The van der Waals surface area contributed by atoms with Crippen molar-refractivity contribution in [3.05, 3.63) is 0 Å². The Morgan fingerprint density at radius 1 is 1.23 bits per heavy atom. The normalized spacial score (nSPS) is 35.1. The molecule has 2 fully saturated rings. The van der Waals surface area contributed by atoms with Crippen molar-refractivity contribution in [3.8, 4) is 0 Å². The van der Waals surface area contributed by atoms with Crippen molar-refractivity contribution in [2.45, 2.75) is 38.6 Å². The van der Waals surface area contributed by atoms with E-state index in [0.29, 0.717) is 5.41 Å². The highest BCUT2D eigenvalue weighted by atomic mass is 15.1. The van der Waals surface area contributed by atoms with E-state index in [1.807, 2.05) is 0 Å². The summed E-state index contributed by atoms with van der Waals surface area (Å²) in [5.74, 6) is 0. The molecule has 1 N–H and O–H groups in total. The van der Waals surface area contributed by atoms with Gasteiger partial charge in [-0.25, -0.2) is 0 Å². The minimum absolute atomic E-state index is 0.666. The van der Waals surface area contributed by atoms with E-state index in [1.54, 1.807) is 0 Å². The molecule has 76 valence electrons. The predicted molar refractivity (Wildman–Crippen MR) is 55.9 cm³/mol. The summed E-state index contributed by atoms with van der Waals surface area (Å²) in [5.41, 5.74) is 0.666. The third-order valence-electron chi connectivity index (χ3n) is 3.98. The molecule has 2 nitrogen and oxygen atoms in total. The van der Waals surface area contributed by atoms with Gasteiger partial charge in [-0.2, -0.15) is 0 Å². The van der Waals surface area contributed by atoms with E-state index in [2.05, 4.69) is 24.2 Å². The van der Waals surface area contributed by atoms with E-state index in [1.165, 1.54) is 45.3 Å². The molecule has 0 bridgehead atoms. The average molecular weight is 182 g/mol. The number of likely N-dealkylation sites (tertiary alicyclic amines) is 1.